The van der Waals surface area contributed by atoms with E-state index in [1.165, 1.54) is 11.1 Å². The van der Waals surface area contributed by atoms with E-state index >= 15 is 0 Å². The van der Waals surface area contributed by atoms with Gasteiger partial charge in [-0.2, -0.15) is 0 Å². The van der Waals surface area contributed by atoms with Crippen molar-refractivity contribution in [1.29, 1.82) is 0 Å². The van der Waals surface area contributed by atoms with Gasteiger partial charge in [-0.05, 0) is 57.6 Å². The van der Waals surface area contributed by atoms with Crippen LogP contribution in [0.25, 0.3) is 33.6 Å². The topological polar surface area (TPSA) is 6.48 Å². The number of para-hydroxylation sites is 2. The maximum atomic E-state index is 6.41. The minimum Gasteiger partial charge on any atom is -0.299 e. The molecule has 0 radical (unpaired) electrons. The van der Waals surface area contributed by atoms with Gasteiger partial charge in [-0.15, -0.1) is 0 Å². The van der Waals surface area contributed by atoms with Crippen molar-refractivity contribution in [2.75, 3.05) is 9.80 Å². The van der Waals surface area contributed by atoms with Gasteiger partial charge in [-0.3, -0.25) is 9.80 Å². The average Bonchev–Trinajstić information content (AvgIpc) is 3.61. The van der Waals surface area contributed by atoms with Crippen molar-refractivity contribution in [3.63, 3.8) is 0 Å². The van der Waals surface area contributed by atoms with Crippen molar-refractivity contribution < 1.29 is 0 Å². The Morgan fingerprint density at radius 3 is 0.870 bits per heavy atom. The van der Waals surface area contributed by atoms with Crippen LogP contribution < -0.4 is 9.80 Å². The van der Waals surface area contributed by atoms with Crippen LogP contribution in [-0.4, -0.2) is 9.98 Å². The second kappa shape index (κ2) is 11.8. The maximum absolute atomic E-state index is 6.41. The molecule has 4 heteroatoms. The summed E-state index contributed by atoms with van der Waals surface area (Å²) < 4.78 is 0. The third kappa shape index (κ3) is 4.80. The normalized spacial score (nSPS) is 14.3. The molecule has 2 nitrogen and oxygen atoms in total. The van der Waals surface area contributed by atoms with Crippen molar-refractivity contribution >= 4 is 57.2 Å². The predicted octanol–water partition coefficient (Wildman–Crippen LogP) is 10.8. The molecule has 2 aliphatic heterocycles. The fourth-order valence-corrected chi connectivity index (χ4v) is 7.19. The number of hydrogen-bond donors (Lipinski definition) is 0. The third-order valence-corrected chi connectivity index (χ3v) is 9.34. The quantitative estimate of drug-likeness (QED) is 0.170. The minimum absolute atomic E-state index is 0.742. The van der Waals surface area contributed by atoms with E-state index in [-0.39, 0.29) is 0 Å². The molecular formula is C42H28N2S2. The molecule has 2 aliphatic rings. The van der Waals surface area contributed by atoms with Crippen LogP contribution in [0, 0.1) is 0 Å². The molecule has 0 amide bonds. The molecule has 0 fully saturated rings. The first kappa shape index (κ1) is 28.1. The van der Waals surface area contributed by atoms with E-state index in [0.29, 0.717) is 0 Å². The lowest BCUT2D eigenvalue weighted by atomic mass is 9.99. The molecule has 46 heavy (non-hydrogen) atoms. The van der Waals surface area contributed by atoms with Crippen molar-refractivity contribution in [3.8, 4) is 22.3 Å². The van der Waals surface area contributed by atoms with Gasteiger partial charge in [0.05, 0.1) is 11.4 Å². The molecular weight excluding hydrogens is 597 g/mol. The van der Waals surface area contributed by atoms with Crippen LogP contribution in [-0.2, 0) is 0 Å². The number of benzene rings is 6. The minimum atomic E-state index is 0.742. The van der Waals surface area contributed by atoms with Crippen molar-refractivity contribution in [3.05, 3.63) is 192 Å². The molecule has 218 valence electrons. The zero-order valence-electron chi connectivity index (χ0n) is 24.9. The summed E-state index contributed by atoms with van der Waals surface area (Å²) in [5.41, 5.74) is 12.8. The van der Waals surface area contributed by atoms with Gasteiger partial charge in [-0.25, -0.2) is 0 Å². The number of fused-ring (bicyclic) bond motifs is 1. The van der Waals surface area contributed by atoms with Crippen molar-refractivity contribution in [2.45, 2.75) is 0 Å². The fraction of sp³-hybridized carbons (Fsp3) is 0. The van der Waals surface area contributed by atoms with Gasteiger partial charge < -0.3 is 0 Å². The molecule has 6 aromatic rings. The van der Waals surface area contributed by atoms with Gasteiger partial charge in [0.15, 0.2) is 0 Å². The SMILES string of the molecule is S=C1C2=C(c3ccc(-c4ccccc4)cc3)N(c3ccccc3)C(=S)C2=C(c2ccc(-c3ccccc3)cc2)N1c1ccccc1. The molecule has 0 atom stereocenters. The Bertz CT molecular complexity index is 1980. The molecule has 0 spiro atoms. The van der Waals surface area contributed by atoms with E-state index in [9.17, 15) is 0 Å². The molecule has 0 saturated carbocycles. The average molecular weight is 625 g/mol. The van der Waals surface area contributed by atoms with Crippen LogP contribution >= 0.6 is 24.4 Å². The van der Waals surface area contributed by atoms with Crippen LogP contribution in [0.1, 0.15) is 11.1 Å². The van der Waals surface area contributed by atoms with E-state index in [4.69, 9.17) is 24.4 Å². The summed E-state index contributed by atoms with van der Waals surface area (Å²) >= 11 is 12.8. The van der Waals surface area contributed by atoms with Gasteiger partial charge in [0.25, 0.3) is 0 Å². The number of thiocarbonyl (C=S) groups is 2. The Hall–Kier alpha value is -5.42. The monoisotopic (exact) mass is 624 g/mol. The third-order valence-electron chi connectivity index (χ3n) is 8.56. The summed E-state index contributed by atoms with van der Waals surface area (Å²) in [5, 5.41) is 0. The lowest BCUT2D eigenvalue weighted by Gasteiger charge is -2.28. The Labute approximate surface area is 280 Å². The lowest BCUT2D eigenvalue weighted by molar-refractivity contribution is 1.37. The number of hydrogen-bond acceptors (Lipinski definition) is 2. The predicted molar refractivity (Wildman–Crippen MR) is 201 cm³/mol. The van der Waals surface area contributed by atoms with Crippen molar-refractivity contribution in [1.82, 2.24) is 0 Å². The van der Waals surface area contributed by atoms with Gasteiger partial charge in [0, 0.05) is 22.5 Å². The Morgan fingerprint density at radius 2 is 0.543 bits per heavy atom. The van der Waals surface area contributed by atoms with E-state index < -0.39 is 0 Å². The van der Waals surface area contributed by atoms with Crippen LogP contribution in [0.5, 0.6) is 0 Å². The summed E-state index contributed by atoms with van der Waals surface area (Å²) in [6.07, 6.45) is 0. The molecule has 0 aromatic heterocycles. The van der Waals surface area contributed by atoms with Crippen LogP contribution in [0.3, 0.4) is 0 Å². The summed E-state index contributed by atoms with van der Waals surface area (Å²) in [5.74, 6) is 0. The highest BCUT2D eigenvalue weighted by Crippen LogP contribution is 2.50. The molecule has 0 saturated heterocycles. The van der Waals surface area contributed by atoms with Gasteiger partial charge in [0.2, 0.25) is 0 Å². The summed E-state index contributed by atoms with van der Waals surface area (Å²) in [4.78, 5) is 5.88. The van der Waals surface area contributed by atoms with E-state index in [2.05, 4.69) is 155 Å². The molecule has 6 aromatic carbocycles. The Balaban J connectivity index is 1.35. The first-order valence-electron chi connectivity index (χ1n) is 15.3. The van der Waals surface area contributed by atoms with E-state index in [0.717, 1.165) is 66.1 Å². The second-order valence-electron chi connectivity index (χ2n) is 11.3. The van der Waals surface area contributed by atoms with E-state index in [1.54, 1.807) is 0 Å². The molecule has 0 aliphatic carbocycles. The number of anilines is 2. The summed E-state index contributed by atoms with van der Waals surface area (Å²) in [7, 11) is 0. The van der Waals surface area contributed by atoms with Gasteiger partial charge in [0.1, 0.15) is 9.98 Å². The number of rotatable bonds is 6. The van der Waals surface area contributed by atoms with Gasteiger partial charge in [-0.1, -0.05) is 170 Å². The highest BCUT2D eigenvalue weighted by Gasteiger charge is 2.45. The Morgan fingerprint density at radius 1 is 0.283 bits per heavy atom. The maximum Gasteiger partial charge on any atom is 0.121 e. The summed E-state index contributed by atoms with van der Waals surface area (Å²) in [6, 6.07) is 59.1. The zero-order valence-corrected chi connectivity index (χ0v) is 26.5. The number of nitrogens with zero attached hydrogens (tertiary/aromatic N) is 2. The first-order chi connectivity index (χ1) is 22.7. The second-order valence-corrected chi connectivity index (χ2v) is 12.1. The highest BCUT2D eigenvalue weighted by atomic mass is 32.1. The molecule has 8 rings (SSSR count). The van der Waals surface area contributed by atoms with Crippen LogP contribution in [0.4, 0.5) is 11.4 Å². The largest absolute Gasteiger partial charge is 0.299 e. The van der Waals surface area contributed by atoms with Crippen LogP contribution in [0.2, 0.25) is 0 Å². The molecule has 0 unspecified atom stereocenters. The smallest absolute Gasteiger partial charge is 0.121 e. The lowest BCUT2D eigenvalue weighted by Crippen LogP contribution is -2.28. The standard InChI is InChI=1S/C42H28N2S2/c45-41-37-38(40(44(41)36-19-11-4-12-20-36)34-27-23-32(24-28-34)30-15-7-2-8-16-30)42(46)43(35-17-9-3-10-18-35)39(37)33-25-21-31(22-26-33)29-13-5-1-6-14-29/h1-28H. The molecule has 0 bridgehead atoms. The zero-order chi connectivity index (χ0) is 31.0. The highest BCUT2D eigenvalue weighted by molar-refractivity contribution is 7.82. The van der Waals surface area contributed by atoms with Crippen LogP contribution in [0.15, 0.2) is 181 Å². The van der Waals surface area contributed by atoms with Crippen molar-refractivity contribution in [2.24, 2.45) is 0 Å². The summed E-state index contributed by atoms with van der Waals surface area (Å²) in [6.45, 7) is 0. The molecule has 2 heterocycles. The fourth-order valence-electron chi connectivity index (χ4n) is 6.40. The molecule has 0 N–H and O–H groups in total. The Kier molecular flexibility index (Phi) is 7.22. The first-order valence-corrected chi connectivity index (χ1v) is 16.1. The van der Waals surface area contributed by atoms with Gasteiger partial charge >= 0.3 is 0 Å². The van der Waals surface area contributed by atoms with E-state index in [1.807, 2.05) is 24.3 Å².